The number of nitrogens with one attached hydrogen (secondary N) is 1. The molecule has 17 heavy (non-hydrogen) atoms. The molecule has 0 aromatic heterocycles. The highest BCUT2D eigenvalue weighted by molar-refractivity contribution is 5.29. The van der Waals surface area contributed by atoms with Crippen LogP contribution in [0.25, 0.3) is 0 Å². The van der Waals surface area contributed by atoms with Gasteiger partial charge in [0.25, 0.3) is 0 Å². The van der Waals surface area contributed by atoms with Crippen molar-refractivity contribution >= 4 is 0 Å². The largest absolute Gasteiger partial charge is 0.508 e. The van der Waals surface area contributed by atoms with Crippen molar-refractivity contribution in [3.05, 3.63) is 29.6 Å². The van der Waals surface area contributed by atoms with Crippen LogP contribution in [0.3, 0.4) is 0 Å². The molecule has 1 unspecified atom stereocenters. The van der Waals surface area contributed by atoms with Crippen molar-refractivity contribution in [3.8, 4) is 5.75 Å². The van der Waals surface area contributed by atoms with Gasteiger partial charge in [0.15, 0.2) is 0 Å². The molecule has 1 rings (SSSR count). The quantitative estimate of drug-likeness (QED) is 0.642. The van der Waals surface area contributed by atoms with Crippen molar-refractivity contribution < 1.29 is 14.6 Å². The first-order valence-electron chi connectivity index (χ1n) is 5.98. The van der Waals surface area contributed by atoms with Crippen LogP contribution in [0.1, 0.15) is 37.8 Å². The summed E-state index contributed by atoms with van der Waals surface area (Å²) in [7, 11) is 0. The Hall–Kier alpha value is -1.13. The number of phenols is 1. The van der Waals surface area contributed by atoms with E-state index in [0.29, 0.717) is 5.56 Å². The Morgan fingerprint density at radius 3 is 2.71 bits per heavy atom. The molecule has 1 atom stereocenters. The average molecular weight is 241 g/mol. The van der Waals surface area contributed by atoms with Crippen LogP contribution in [0.5, 0.6) is 5.75 Å². The molecule has 0 saturated carbocycles. The van der Waals surface area contributed by atoms with Gasteiger partial charge in [-0.05, 0) is 38.8 Å². The summed E-state index contributed by atoms with van der Waals surface area (Å²) in [6, 6.07) is 4.13. The topological polar surface area (TPSA) is 52.5 Å². The second-order valence-electron chi connectivity index (χ2n) is 4.17. The maximum Gasteiger partial charge on any atom is 0.131 e. The Balaban J connectivity index is 2.38. The lowest BCUT2D eigenvalue weighted by Crippen LogP contribution is -2.20. The van der Waals surface area contributed by atoms with E-state index in [2.05, 4.69) is 5.32 Å². The predicted molar refractivity (Wildman–Crippen MR) is 65.4 cm³/mol. The van der Waals surface area contributed by atoms with Crippen LogP contribution in [-0.2, 0) is 0 Å². The smallest absolute Gasteiger partial charge is 0.131 e. The van der Waals surface area contributed by atoms with E-state index in [1.54, 1.807) is 6.07 Å². The first kappa shape index (κ1) is 13.9. The SMILES string of the molecule is CC(NCCCCCO)c1ccc(O)cc1F. The average Bonchev–Trinajstić information content (AvgIpc) is 2.28. The van der Waals surface area contributed by atoms with Crippen LogP contribution in [-0.4, -0.2) is 23.4 Å². The molecule has 4 heteroatoms. The molecule has 0 spiro atoms. The van der Waals surface area contributed by atoms with E-state index in [1.165, 1.54) is 6.07 Å². The lowest BCUT2D eigenvalue weighted by molar-refractivity contribution is 0.282. The fourth-order valence-corrected chi connectivity index (χ4v) is 1.71. The summed E-state index contributed by atoms with van der Waals surface area (Å²) in [5.74, 6) is -0.443. The molecular formula is C13H20FNO2. The van der Waals surface area contributed by atoms with Crippen LogP contribution >= 0.6 is 0 Å². The number of rotatable bonds is 7. The Bertz CT molecular complexity index is 344. The van der Waals surface area contributed by atoms with E-state index in [9.17, 15) is 4.39 Å². The zero-order valence-electron chi connectivity index (χ0n) is 10.1. The van der Waals surface area contributed by atoms with Gasteiger partial charge in [0.1, 0.15) is 11.6 Å². The minimum Gasteiger partial charge on any atom is -0.508 e. The predicted octanol–water partition coefficient (Wildman–Crippen LogP) is 2.34. The van der Waals surface area contributed by atoms with Gasteiger partial charge in [-0.15, -0.1) is 0 Å². The van der Waals surface area contributed by atoms with Gasteiger partial charge >= 0.3 is 0 Å². The maximum absolute atomic E-state index is 13.5. The molecule has 0 aliphatic rings. The second kappa shape index (κ2) is 7.25. The van der Waals surface area contributed by atoms with E-state index in [-0.39, 0.29) is 24.2 Å². The third kappa shape index (κ3) is 4.71. The molecule has 3 nitrogen and oxygen atoms in total. The summed E-state index contributed by atoms with van der Waals surface area (Å²) in [6.45, 7) is 2.91. The lowest BCUT2D eigenvalue weighted by atomic mass is 10.1. The highest BCUT2D eigenvalue weighted by atomic mass is 19.1. The van der Waals surface area contributed by atoms with E-state index in [1.807, 2.05) is 6.92 Å². The molecule has 0 saturated heterocycles. The zero-order valence-corrected chi connectivity index (χ0v) is 10.1. The van der Waals surface area contributed by atoms with Crippen molar-refractivity contribution in [2.45, 2.75) is 32.2 Å². The van der Waals surface area contributed by atoms with Gasteiger partial charge in [-0.25, -0.2) is 4.39 Å². The van der Waals surface area contributed by atoms with Crippen molar-refractivity contribution in [1.82, 2.24) is 5.32 Å². The monoisotopic (exact) mass is 241 g/mol. The number of aliphatic hydroxyl groups excluding tert-OH is 1. The van der Waals surface area contributed by atoms with Crippen LogP contribution in [0.4, 0.5) is 4.39 Å². The Morgan fingerprint density at radius 2 is 2.06 bits per heavy atom. The number of aromatic hydroxyl groups is 1. The van der Waals surface area contributed by atoms with Crippen molar-refractivity contribution in [1.29, 1.82) is 0 Å². The highest BCUT2D eigenvalue weighted by Crippen LogP contribution is 2.20. The van der Waals surface area contributed by atoms with Crippen LogP contribution in [0, 0.1) is 5.82 Å². The minimum atomic E-state index is -0.389. The van der Waals surface area contributed by atoms with E-state index in [0.717, 1.165) is 31.9 Å². The molecule has 96 valence electrons. The number of phenolic OH excluding ortho intramolecular Hbond substituents is 1. The standard InChI is InChI=1S/C13H20FNO2/c1-10(15-7-3-2-4-8-16)12-6-5-11(17)9-13(12)14/h5-6,9-10,15-17H,2-4,7-8H2,1H3. The molecule has 0 bridgehead atoms. The van der Waals surface area contributed by atoms with Gasteiger partial charge in [-0.1, -0.05) is 6.07 Å². The third-order valence-electron chi connectivity index (χ3n) is 2.74. The van der Waals surface area contributed by atoms with Gasteiger partial charge in [-0.2, -0.15) is 0 Å². The second-order valence-corrected chi connectivity index (χ2v) is 4.17. The molecule has 3 N–H and O–H groups in total. The number of halogens is 1. The van der Waals surface area contributed by atoms with Crippen molar-refractivity contribution in [2.24, 2.45) is 0 Å². The molecule has 1 aromatic carbocycles. The molecule has 0 heterocycles. The molecule has 0 radical (unpaired) electrons. The van der Waals surface area contributed by atoms with Gasteiger partial charge < -0.3 is 15.5 Å². The van der Waals surface area contributed by atoms with Gasteiger partial charge in [-0.3, -0.25) is 0 Å². The summed E-state index contributed by atoms with van der Waals surface area (Å²) in [4.78, 5) is 0. The van der Waals surface area contributed by atoms with Crippen LogP contribution in [0.2, 0.25) is 0 Å². The fraction of sp³-hybridized carbons (Fsp3) is 0.538. The summed E-state index contributed by atoms with van der Waals surface area (Å²) in [5, 5.41) is 20.9. The third-order valence-corrected chi connectivity index (χ3v) is 2.74. The lowest BCUT2D eigenvalue weighted by Gasteiger charge is -2.15. The summed E-state index contributed by atoms with van der Waals surface area (Å²) >= 11 is 0. The van der Waals surface area contributed by atoms with Gasteiger partial charge in [0.05, 0.1) is 0 Å². The Morgan fingerprint density at radius 1 is 1.29 bits per heavy atom. The number of benzene rings is 1. The summed E-state index contributed by atoms with van der Waals surface area (Å²) in [6.07, 6.45) is 2.74. The molecule has 0 amide bonds. The van der Waals surface area contributed by atoms with Crippen LogP contribution in [0.15, 0.2) is 18.2 Å². The van der Waals surface area contributed by atoms with Gasteiger partial charge in [0, 0.05) is 24.3 Å². The van der Waals surface area contributed by atoms with E-state index >= 15 is 0 Å². The Labute approximate surface area is 101 Å². The first-order chi connectivity index (χ1) is 8.15. The molecule has 0 fully saturated rings. The summed E-state index contributed by atoms with van der Waals surface area (Å²) < 4.78 is 13.5. The van der Waals surface area contributed by atoms with E-state index < -0.39 is 0 Å². The number of unbranched alkanes of at least 4 members (excludes halogenated alkanes) is 2. The van der Waals surface area contributed by atoms with Crippen molar-refractivity contribution in [3.63, 3.8) is 0 Å². The molecular weight excluding hydrogens is 221 g/mol. The van der Waals surface area contributed by atoms with Crippen molar-refractivity contribution in [2.75, 3.05) is 13.2 Å². The number of hydrogen-bond donors (Lipinski definition) is 3. The minimum absolute atomic E-state index is 0.0543. The zero-order chi connectivity index (χ0) is 12.7. The van der Waals surface area contributed by atoms with Crippen LogP contribution < -0.4 is 5.32 Å². The normalized spacial score (nSPS) is 12.6. The fourth-order valence-electron chi connectivity index (χ4n) is 1.71. The number of hydrogen-bond acceptors (Lipinski definition) is 3. The Kier molecular flexibility index (Phi) is 5.94. The molecule has 0 aliphatic heterocycles. The number of aliphatic hydroxyl groups is 1. The first-order valence-corrected chi connectivity index (χ1v) is 5.98. The molecule has 0 aliphatic carbocycles. The molecule has 1 aromatic rings. The maximum atomic E-state index is 13.5. The van der Waals surface area contributed by atoms with Gasteiger partial charge in [0.2, 0.25) is 0 Å². The van der Waals surface area contributed by atoms with E-state index in [4.69, 9.17) is 10.2 Å². The highest BCUT2D eigenvalue weighted by Gasteiger charge is 2.10. The summed E-state index contributed by atoms with van der Waals surface area (Å²) in [5.41, 5.74) is 0.560.